The van der Waals surface area contributed by atoms with Crippen molar-refractivity contribution in [2.24, 2.45) is 5.92 Å². The van der Waals surface area contributed by atoms with E-state index in [0.29, 0.717) is 25.7 Å². The van der Waals surface area contributed by atoms with Gasteiger partial charge >= 0.3 is 0 Å². The minimum atomic E-state index is -0.0238. The average Bonchev–Trinajstić information content (AvgIpc) is 3.45. The van der Waals surface area contributed by atoms with Crippen molar-refractivity contribution in [1.82, 2.24) is 15.3 Å². The van der Waals surface area contributed by atoms with E-state index >= 15 is 0 Å². The first-order chi connectivity index (χ1) is 14.3. The van der Waals surface area contributed by atoms with Crippen molar-refractivity contribution in [2.75, 3.05) is 49.6 Å². The molecule has 0 saturated carbocycles. The van der Waals surface area contributed by atoms with Crippen molar-refractivity contribution >= 4 is 39.2 Å². The van der Waals surface area contributed by atoms with E-state index in [4.69, 9.17) is 9.72 Å². The Balaban J connectivity index is 1.57. The van der Waals surface area contributed by atoms with Gasteiger partial charge in [-0.2, -0.15) is 4.98 Å². The molecule has 29 heavy (non-hydrogen) atoms. The van der Waals surface area contributed by atoms with E-state index in [9.17, 15) is 4.79 Å². The van der Waals surface area contributed by atoms with Crippen molar-refractivity contribution in [2.45, 2.75) is 6.42 Å². The number of amides is 1. The Morgan fingerprint density at radius 2 is 2.03 bits per heavy atom. The number of hydrogen-bond donors (Lipinski definition) is 2. The first kappa shape index (κ1) is 18.5. The lowest BCUT2D eigenvalue weighted by Crippen LogP contribution is -2.37. The third kappa shape index (κ3) is 3.71. The van der Waals surface area contributed by atoms with Crippen molar-refractivity contribution in [3.05, 3.63) is 35.7 Å². The maximum atomic E-state index is 12.6. The number of benzene rings is 1. The quantitative estimate of drug-likeness (QED) is 0.690. The maximum absolute atomic E-state index is 12.6. The largest absolute Gasteiger partial charge is 0.378 e. The zero-order chi connectivity index (χ0) is 19.6. The lowest BCUT2D eigenvalue weighted by molar-refractivity contribution is -0.119. The number of fused-ring (bicyclic) bond motifs is 1. The predicted octanol–water partition coefficient (Wildman–Crippen LogP) is 2.74. The van der Waals surface area contributed by atoms with Crippen LogP contribution in [0.15, 0.2) is 35.7 Å². The first-order valence-corrected chi connectivity index (χ1v) is 10.9. The summed E-state index contributed by atoms with van der Waals surface area (Å²) < 4.78 is 5.53. The number of carbonyl (C=O) groups is 1. The summed E-state index contributed by atoms with van der Waals surface area (Å²) in [7, 11) is 0. The van der Waals surface area contributed by atoms with Gasteiger partial charge in [0, 0.05) is 30.6 Å². The van der Waals surface area contributed by atoms with Crippen LogP contribution in [-0.4, -0.2) is 55.3 Å². The SMILES string of the molecule is O=C(Nc1nc(N2CCOCC2)c2c(-c3ccccc3)csc2n1)C1CCNC1. The summed E-state index contributed by atoms with van der Waals surface area (Å²) in [4.78, 5) is 25.2. The number of nitrogens with zero attached hydrogens (tertiary/aromatic N) is 3. The Bertz CT molecular complexity index is 1010. The standard InChI is InChI=1S/C21H23N5O2S/c27-19(15-6-7-22-12-15)24-21-23-18(26-8-10-28-11-9-26)17-16(13-29-20(17)25-21)14-4-2-1-3-5-14/h1-5,13,15,22H,6-12H2,(H,23,24,25,27). The molecule has 1 atom stereocenters. The van der Waals surface area contributed by atoms with Crippen LogP contribution in [0, 0.1) is 5.92 Å². The first-order valence-electron chi connectivity index (χ1n) is 9.98. The molecule has 2 N–H and O–H groups in total. The maximum Gasteiger partial charge on any atom is 0.232 e. The number of thiophene rings is 1. The topological polar surface area (TPSA) is 79.4 Å². The highest BCUT2D eigenvalue weighted by Crippen LogP contribution is 2.39. The van der Waals surface area contributed by atoms with Gasteiger partial charge in [0.25, 0.3) is 0 Å². The Kier molecular flexibility index (Phi) is 5.13. The Hall–Kier alpha value is -2.55. The molecule has 0 bridgehead atoms. The van der Waals surface area contributed by atoms with Gasteiger partial charge in [-0.15, -0.1) is 11.3 Å². The van der Waals surface area contributed by atoms with Gasteiger partial charge in [0.2, 0.25) is 11.9 Å². The molecule has 2 aromatic heterocycles. The van der Waals surface area contributed by atoms with E-state index in [1.807, 2.05) is 18.2 Å². The number of morpholine rings is 1. The zero-order valence-electron chi connectivity index (χ0n) is 16.1. The average molecular weight is 410 g/mol. The van der Waals surface area contributed by atoms with Crippen LogP contribution in [0.1, 0.15) is 6.42 Å². The predicted molar refractivity (Wildman–Crippen MR) is 115 cm³/mol. The molecular formula is C21H23N5O2S. The van der Waals surface area contributed by atoms with Crippen LogP contribution in [0.25, 0.3) is 21.3 Å². The van der Waals surface area contributed by atoms with Gasteiger partial charge in [0.1, 0.15) is 10.6 Å². The molecule has 8 heteroatoms. The molecule has 2 aliphatic rings. The number of rotatable bonds is 4. The van der Waals surface area contributed by atoms with E-state index in [-0.39, 0.29) is 11.8 Å². The molecule has 2 saturated heterocycles. The highest BCUT2D eigenvalue weighted by atomic mass is 32.1. The van der Waals surface area contributed by atoms with E-state index < -0.39 is 0 Å². The lowest BCUT2D eigenvalue weighted by Gasteiger charge is -2.29. The van der Waals surface area contributed by atoms with Crippen LogP contribution in [0.3, 0.4) is 0 Å². The minimum absolute atomic E-state index is 0.0119. The summed E-state index contributed by atoms with van der Waals surface area (Å²) in [6.07, 6.45) is 0.849. The van der Waals surface area contributed by atoms with Gasteiger partial charge in [0.15, 0.2) is 0 Å². The van der Waals surface area contributed by atoms with Crippen LogP contribution < -0.4 is 15.5 Å². The number of carbonyl (C=O) groups excluding carboxylic acids is 1. The molecule has 1 unspecified atom stereocenters. The lowest BCUT2D eigenvalue weighted by atomic mass is 10.1. The molecule has 2 aliphatic heterocycles. The monoisotopic (exact) mass is 409 g/mol. The Morgan fingerprint density at radius 1 is 1.21 bits per heavy atom. The number of hydrogen-bond acceptors (Lipinski definition) is 7. The second-order valence-corrected chi connectivity index (χ2v) is 8.20. The van der Waals surface area contributed by atoms with Gasteiger partial charge in [0.05, 0.1) is 24.5 Å². The fourth-order valence-electron chi connectivity index (χ4n) is 3.90. The normalized spacial score (nSPS) is 19.6. The summed E-state index contributed by atoms with van der Waals surface area (Å²) in [5.41, 5.74) is 2.27. The summed E-state index contributed by atoms with van der Waals surface area (Å²) in [6.45, 7) is 4.48. The molecule has 7 nitrogen and oxygen atoms in total. The molecule has 150 valence electrons. The summed E-state index contributed by atoms with van der Waals surface area (Å²) in [5, 5.41) is 9.36. The van der Waals surface area contributed by atoms with E-state index in [2.05, 4.69) is 38.0 Å². The van der Waals surface area contributed by atoms with Gasteiger partial charge in [-0.3, -0.25) is 10.1 Å². The van der Waals surface area contributed by atoms with E-state index in [0.717, 1.165) is 53.2 Å². The summed E-state index contributed by atoms with van der Waals surface area (Å²) >= 11 is 1.59. The third-order valence-electron chi connectivity index (χ3n) is 5.48. The summed E-state index contributed by atoms with van der Waals surface area (Å²) in [5.74, 6) is 1.22. The molecule has 1 aromatic carbocycles. The Labute approximate surface area is 173 Å². The second-order valence-electron chi connectivity index (χ2n) is 7.34. The van der Waals surface area contributed by atoms with Crippen LogP contribution in [0.4, 0.5) is 11.8 Å². The third-order valence-corrected chi connectivity index (χ3v) is 6.35. The smallest absolute Gasteiger partial charge is 0.232 e. The van der Waals surface area contributed by atoms with Crippen LogP contribution in [0.2, 0.25) is 0 Å². The molecule has 0 spiro atoms. The number of ether oxygens (including phenoxy) is 1. The molecule has 5 rings (SSSR count). The second kappa shape index (κ2) is 8.06. The summed E-state index contributed by atoms with van der Waals surface area (Å²) in [6, 6.07) is 10.3. The van der Waals surface area contributed by atoms with E-state index in [1.165, 1.54) is 0 Å². The van der Waals surface area contributed by atoms with Gasteiger partial charge in [-0.1, -0.05) is 30.3 Å². The van der Waals surface area contributed by atoms with E-state index in [1.54, 1.807) is 11.3 Å². The van der Waals surface area contributed by atoms with Crippen molar-refractivity contribution in [3.63, 3.8) is 0 Å². The van der Waals surface area contributed by atoms with Crippen LogP contribution >= 0.6 is 11.3 Å². The molecule has 3 aromatic rings. The Morgan fingerprint density at radius 3 is 2.79 bits per heavy atom. The van der Waals surface area contributed by atoms with Crippen molar-refractivity contribution in [3.8, 4) is 11.1 Å². The molecule has 2 fully saturated rings. The molecule has 0 radical (unpaired) electrons. The number of nitrogens with one attached hydrogen (secondary N) is 2. The fraction of sp³-hybridized carbons (Fsp3) is 0.381. The number of anilines is 2. The minimum Gasteiger partial charge on any atom is -0.378 e. The van der Waals surface area contributed by atoms with Crippen molar-refractivity contribution in [1.29, 1.82) is 0 Å². The highest BCUT2D eigenvalue weighted by molar-refractivity contribution is 7.17. The molecule has 0 aliphatic carbocycles. The van der Waals surface area contributed by atoms with Crippen molar-refractivity contribution < 1.29 is 9.53 Å². The van der Waals surface area contributed by atoms with Crippen LogP contribution in [0.5, 0.6) is 0 Å². The molecule has 4 heterocycles. The zero-order valence-corrected chi connectivity index (χ0v) is 16.9. The number of aromatic nitrogens is 2. The highest BCUT2D eigenvalue weighted by Gasteiger charge is 2.25. The molecule has 1 amide bonds. The fourth-order valence-corrected chi connectivity index (χ4v) is 4.85. The molecular weight excluding hydrogens is 386 g/mol. The van der Waals surface area contributed by atoms with Crippen LogP contribution in [-0.2, 0) is 9.53 Å². The van der Waals surface area contributed by atoms with Gasteiger partial charge in [-0.25, -0.2) is 4.98 Å². The van der Waals surface area contributed by atoms with Gasteiger partial charge in [-0.05, 0) is 18.5 Å². The van der Waals surface area contributed by atoms with Gasteiger partial charge < -0.3 is 15.0 Å².